The summed E-state index contributed by atoms with van der Waals surface area (Å²) in [4.78, 5) is 45.6. The van der Waals surface area contributed by atoms with Gasteiger partial charge in [-0.3, -0.25) is 9.69 Å². The Morgan fingerprint density at radius 3 is 2.28 bits per heavy atom. The zero-order valence-corrected chi connectivity index (χ0v) is 27.7. The van der Waals surface area contributed by atoms with Crippen molar-refractivity contribution >= 4 is 25.2 Å². The Morgan fingerprint density at radius 2 is 1.60 bits per heavy atom. The second kappa shape index (κ2) is 12.8. The Labute approximate surface area is 277 Å². The van der Waals surface area contributed by atoms with Gasteiger partial charge in [-0.25, -0.2) is 9.59 Å². The van der Waals surface area contributed by atoms with Crippen molar-refractivity contribution in [3.8, 4) is 0 Å². The molecule has 3 saturated heterocycles. The standard InChI is InChI=1S/C36H46BN3O7/c1-35(2)27-19-29(35)36(3)30(20-27)46-37(47-36)31-15-10-17-39(31)32(41)22-40(34(43)45-24-26-13-8-5-9-14-26)28-16-18-38(21-28)33(42)44-23-25-11-6-4-7-12-25/h4-9,11-14,27-31H,10,15-24H2,1-3H3/t27?,28-,29-,30?,31+,36+/m1/s1. The van der Waals surface area contributed by atoms with Gasteiger partial charge in [0.1, 0.15) is 19.8 Å². The molecule has 0 aromatic heterocycles. The highest BCUT2D eigenvalue weighted by molar-refractivity contribution is 6.48. The zero-order chi connectivity index (χ0) is 32.8. The molecule has 3 amide bonds. The van der Waals surface area contributed by atoms with E-state index >= 15 is 0 Å². The Bertz CT molecular complexity index is 1460. The van der Waals surface area contributed by atoms with Gasteiger partial charge in [-0.1, -0.05) is 74.5 Å². The van der Waals surface area contributed by atoms with Crippen LogP contribution in [0.4, 0.5) is 9.59 Å². The van der Waals surface area contributed by atoms with E-state index in [1.54, 1.807) is 4.90 Å². The van der Waals surface area contributed by atoms with Gasteiger partial charge in [-0.2, -0.15) is 0 Å². The summed E-state index contributed by atoms with van der Waals surface area (Å²) in [5.74, 6) is 0.715. The van der Waals surface area contributed by atoms with Crippen molar-refractivity contribution in [2.75, 3.05) is 26.2 Å². The number of rotatable bonds is 8. The average Bonchev–Trinajstić information content (AvgIpc) is 3.84. The normalized spacial score (nSPS) is 30.4. The number of carbonyl (C=O) groups is 3. The van der Waals surface area contributed by atoms with Crippen LogP contribution in [0.15, 0.2) is 60.7 Å². The third-order valence-electron chi connectivity index (χ3n) is 11.7. The Morgan fingerprint density at radius 1 is 0.915 bits per heavy atom. The summed E-state index contributed by atoms with van der Waals surface area (Å²) >= 11 is 0. The second-order valence-electron chi connectivity index (χ2n) is 14.7. The topological polar surface area (TPSA) is 97.9 Å². The van der Waals surface area contributed by atoms with E-state index < -0.39 is 19.3 Å². The Kier molecular flexibility index (Phi) is 8.72. The summed E-state index contributed by atoms with van der Waals surface area (Å²) in [6.07, 6.45) is 3.35. The highest BCUT2D eigenvalue weighted by atomic mass is 16.7. The molecule has 2 aromatic rings. The lowest BCUT2D eigenvalue weighted by Gasteiger charge is -2.64. The van der Waals surface area contributed by atoms with Gasteiger partial charge in [0, 0.05) is 19.6 Å². The molecule has 2 bridgehead atoms. The second-order valence-corrected chi connectivity index (χ2v) is 14.7. The number of hydrogen-bond acceptors (Lipinski definition) is 7. The number of amides is 3. The minimum atomic E-state index is -0.573. The SMILES string of the molecule is CC1(C)C2CC3OB([C@@H]4CCCN4C(=O)CN(C(=O)OCc4ccccc4)[C@@H]4CCN(C(=O)OCc5ccccc5)C4)O[C@@]3(C)[C@@H]1C2. The molecule has 0 radical (unpaired) electrons. The molecule has 6 fully saturated rings. The summed E-state index contributed by atoms with van der Waals surface area (Å²) < 4.78 is 24.6. The van der Waals surface area contributed by atoms with Gasteiger partial charge in [0.2, 0.25) is 5.91 Å². The number of likely N-dealkylation sites (tertiary alicyclic amines) is 2. The van der Waals surface area contributed by atoms with Crippen molar-refractivity contribution in [2.45, 2.75) is 89.8 Å². The minimum absolute atomic E-state index is 0.0393. The number of nitrogens with zero attached hydrogens (tertiary/aromatic N) is 3. The molecule has 11 heteroatoms. The smallest absolute Gasteiger partial charge is 0.445 e. The first-order chi connectivity index (χ1) is 22.6. The van der Waals surface area contributed by atoms with Crippen LogP contribution in [-0.2, 0) is 36.8 Å². The van der Waals surface area contributed by atoms with E-state index in [1.807, 2.05) is 65.6 Å². The summed E-state index contributed by atoms with van der Waals surface area (Å²) in [5, 5.41) is 0. The van der Waals surface area contributed by atoms with Gasteiger partial charge in [0.15, 0.2) is 0 Å². The fraction of sp³-hybridized carbons (Fsp3) is 0.583. The first-order valence-electron chi connectivity index (χ1n) is 17.2. The predicted octanol–water partition coefficient (Wildman–Crippen LogP) is 5.29. The fourth-order valence-corrected chi connectivity index (χ4v) is 8.80. The molecular weight excluding hydrogens is 597 g/mol. The van der Waals surface area contributed by atoms with Crippen molar-refractivity contribution in [1.82, 2.24) is 14.7 Å². The third kappa shape index (κ3) is 6.12. The molecule has 3 aliphatic heterocycles. The predicted molar refractivity (Wildman–Crippen MR) is 175 cm³/mol. The van der Waals surface area contributed by atoms with E-state index in [4.69, 9.17) is 18.8 Å². The average molecular weight is 644 g/mol. The van der Waals surface area contributed by atoms with E-state index in [9.17, 15) is 14.4 Å². The maximum absolute atomic E-state index is 14.1. The molecule has 47 heavy (non-hydrogen) atoms. The summed E-state index contributed by atoms with van der Waals surface area (Å²) in [5.41, 5.74) is 1.64. The molecule has 0 N–H and O–H groups in total. The van der Waals surface area contributed by atoms with Crippen molar-refractivity contribution in [3.63, 3.8) is 0 Å². The summed E-state index contributed by atoms with van der Waals surface area (Å²) in [7, 11) is -0.480. The maximum atomic E-state index is 14.1. The third-order valence-corrected chi connectivity index (χ3v) is 11.7. The molecule has 3 saturated carbocycles. The van der Waals surface area contributed by atoms with E-state index in [-0.39, 0.29) is 61.3 Å². The molecule has 2 unspecified atom stereocenters. The molecule has 10 nitrogen and oxygen atoms in total. The lowest BCUT2D eigenvalue weighted by Crippen LogP contribution is -2.65. The van der Waals surface area contributed by atoms with Crippen LogP contribution in [0.5, 0.6) is 0 Å². The lowest BCUT2D eigenvalue weighted by atomic mass is 9.43. The van der Waals surface area contributed by atoms with Gasteiger partial charge in [0.25, 0.3) is 0 Å². The van der Waals surface area contributed by atoms with Gasteiger partial charge in [-0.05, 0) is 67.4 Å². The van der Waals surface area contributed by atoms with Crippen molar-refractivity contribution < 1.29 is 33.2 Å². The molecule has 6 aliphatic rings. The van der Waals surface area contributed by atoms with Crippen LogP contribution in [-0.4, -0.2) is 89.8 Å². The zero-order valence-electron chi connectivity index (χ0n) is 27.7. The molecular formula is C36H46BN3O7. The van der Waals surface area contributed by atoms with Crippen LogP contribution in [0.1, 0.15) is 64.0 Å². The van der Waals surface area contributed by atoms with Gasteiger partial charge in [-0.15, -0.1) is 0 Å². The highest BCUT2D eigenvalue weighted by Gasteiger charge is 2.69. The first kappa shape index (κ1) is 32.0. The van der Waals surface area contributed by atoms with Crippen molar-refractivity contribution in [2.24, 2.45) is 17.3 Å². The molecule has 3 heterocycles. The molecule has 6 atom stereocenters. The van der Waals surface area contributed by atoms with Crippen LogP contribution in [0, 0.1) is 17.3 Å². The van der Waals surface area contributed by atoms with Crippen molar-refractivity contribution in [3.05, 3.63) is 71.8 Å². The largest absolute Gasteiger partial charge is 0.481 e. The molecule has 0 spiro atoms. The maximum Gasteiger partial charge on any atom is 0.481 e. The van der Waals surface area contributed by atoms with Crippen LogP contribution in [0.2, 0.25) is 0 Å². The molecule has 8 rings (SSSR count). The van der Waals surface area contributed by atoms with Gasteiger partial charge < -0.3 is 28.6 Å². The number of carbonyl (C=O) groups excluding carboxylic acids is 3. The molecule has 2 aromatic carbocycles. The number of ether oxygens (including phenoxy) is 2. The fourth-order valence-electron chi connectivity index (χ4n) is 8.80. The van der Waals surface area contributed by atoms with Crippen molar-refractivity contribution in [1.29, 1.82) is 0 Å². The lowest BCUT2D eigenvalue weighted by molar-refractivity contribution is -0.199. The Hall–Kier alpha value is -3.57. The number of benzene rings is 2. The van der Waals surface area contributed by atoms with E-state index in [0.29, 0.717) is 31.3 Å². The van der Waals surface area contributed by atoms with E-state index in [1.165, 1.54) is 11.3 Å². The van der Waals surface area contributed by atoms with Crippen LogP contribution in [0.3, 0.4) is 0 Å². The highest BCUT2D eigenvalue weighted by Crippen LogP contribution is 2.66. The Balaban J connectivity index is 1.02. The monoisotopic (exact) mass is 643 g/mol. The van der Waals surface area contributed by atoms with Crippen LogP contribution in [0.25, 0.3) is 0 Å². The first-order valence-corrected chi connectivity index (χ1v) is 17.2. The summed E-state index contributed by atoms with van der Waals surface area (Å²) in [6.45, 7) is 8.26. The van der Waals surface area contributed by atoms with Crippen LogP contribution < -0.4 is 0 Å². The van der Waals surface area contributed by atoms with E-state index in [0.717, 1.165) is 30.4 Å². The minimum Gasteiger partial charge on any atom is -0.445 e. The molecule has 250 valence electrons. The summed E-state index contributed by atoms with van der Waals surface area (Å²) in [6, 6.07) is 18.6. The molecule has 3 aliphatic carbocycles. The van der Waals surface area contributed by atoms with Gasteiger partial charge in [0.05, 0.1) is 23.7 Å². The quantitative estimate of drug-likeness (QED) is 0.361. The van der Waals surface area contributed by atoms with Gasteiger partial charge >= 0.3 is 19.3 Å². The van der Waals surface area contributed by atoms with E-state index in [2.05, 4.69) is 20.8 Å². The number of hydrogen-bond donors (Lipinski definition) is 0. The van der Waals surface area contributed by atoms with Crippen LogP contribution >= 0.6 is 0 Å².